The molecule has 114 valence electrons. The van der Waals surface area contributed by atoms with E-state index in [1.165, 1.54) is 6.07 Å². The molecule has 1 aliphatic heterocycles. The van der Waals surface area contributed by atoms with E-state index in [-0.39, 0.29) is 22.7 Å². The Morgan fingerprint density at radius 3 is 2.65 bits per heavy atom. The Balaban J connectivity index is 2.28. The fourth-order valence-electron chi connectivity index (χ4n) is 2.64. The molecule has 0 spiro atoms. The van der Waals surface area contributed by atoms with Gasteiger partial charge >= 0.3 is 0 Å². The van der Waals surface area contributed by atoms with Gasteiger partial charge < -0.3 is 9.52 Å². The van der Waals surface area contributed by atoms with E-state index >= 15 is 0 Å². The lowest BCUT2D eigenvalue weighted by Crippen LogP contribution is -2.32. The molecular formula is C14H23NO4S. The first kappa shape index (κ1) is 15.5. The van der Waals surface area contributed by atoms with Crippen LogP contribution in [0.4, 0.5) is 0 Å². The van der Waals surface area contributed by atoms with Gasteiger partial charge in [0, 0.05) is 19.2 Å². The van der Waals surface area contributed by atoms with Crippen LogP contribution in [0.1, 0.15) is 44.6 Å². The number of aryl methyl sites for hydroxylation is 1. The zero-order valence-corrected chi connectivity index (χ0v) is 13.2. The number of hydrogen-bond donors (Lipinski definition) is 1. The van der Waals surface area contributed by atoms with Crippen molar-refractivity contribution in [1.29, 1.82) is 0 Å². The Hall–Kier alpha value is -0.850. The van der Waals surface area contributed by atoms with E-state index in [2.05, 4.69) is 13.8 Å². The van der Waals surface area contributed by atoms with Crippen LogP contribution >= 0.6 is 0 Å². The highest BCUT2D eigenvalue weighted by molar-refractivity contribution is 7.89. The molecule has 2 rings (SSSR count). The summed E-state index contributed by atoms with van der Waals surface area (Å²) < 4.78 is 32.2. The molecule has 0 aliphatic carbocycles. The molecule has 1 aromatic rings. The van der Waals surface area contributed by atoms with Crippen LogP contribution in [0, 0.1) is 12.3 Å². The lowest BCUT2D eigenvalue weighted by atomic mass is 9.85. The second kappa shape index (κ2) is 5.50. The van der Waals surface area contributed by atoms with Gasteiger partial charge in [-0.3, -0.25) is 0 Å². The zero-order valence-electron chi connectivity index (χ0n) is 12.3. The summed E-state index contributed by atoms with van der Waals surface area (Å²) in [5.41, 5.74) is 0.186. The third kappa shape index (κ3) is 3.07. The molecule has 0 radical (unpaired) electrons. The Labute approximate surface area is 120 Å². The zero-order chi connectivity index (χ0) is 15.0. The second-order valence-corrected chi connectivity index (χ2v) is 8.12. The summed E-state index contributed by atoms with van der Waals surface area (Å²) in [5.74, 6) is 0.633. The van der Waals surface area contributed by atoms with E-state index < -0.39 is 10.0 Å². The van der Waals surface area contributed by atoms with Crippen LogP contribution in [0.5, 0.6) is 0 Å². The van der Waals surface area contributed by atoms with Gasteiger partial charge in [0.25, 0.3) is 0 Å². The fourth-order valence-corrected chi connectivity index (χ4v) is 4.30. The molecule has 0 saturated carbocycles. The van der Waals surface area contributed by atoms with Crippen LogP contribution < -0.4 is 0 Å². The van der Waals surface area contributed by atoms with Crippen LogP contribution in [0.3, 0.4) is 0 Å². The summed E-state index contributed by atoms with van der Waals surface area (Å²) in [6, 6.07) is 1.43. The van der Waals surface area contributed by atoms with Crippen molar-refractivity contribution in [3.8, 4) is 0 Å². The summed E-state index contributed by atoms with van der Waals surface area (Å²) in [5, 5.41) is 9.06. The molecule has 5 nitrogen and oxygen atoms in total. The molecule has 0 amide bonds. The standard InChI is InChI=1S/C14H23NO4S/c1-11-13(9-12(10-16)19-11)20(17,18)15-7-4-5-14(2,3)6-8-15/h9,16H,4-8,10H2,1-3H3. The summed E-state index contributed by atoms with van der Waals surface area (Å²) in [6.07, 6.45) is 2.76. The van der Waals surface area contributed by atoms with E-state index in [9.17, 15) is 8.42 Å². The van der Waals surface area contributed by atoms with E-state index in [1.54, 1.807) is 11.2 Å². The molecule has 1 fully saturated rings. The Kier molecular flexibility index (Phi) is 4.27. The molecule has 2 heterocycles. The van der Waals surface area contributed by atoms with Crippen LogP contribution in [0.2, 0.25) is 0 Å². The smallest absolute Gasteiger partial charge is 0.246 e. The first-order chi connectivity index (χ1) is 9.26. The van der Waals surface area contributed by atoms with Crippen molar-refractivity contribution in [3.05, 3.63) is 17.6 Å². The van der Waals surface area contributed by atoms with Gasteiger partial charge in [-0.25, -0.2) is 8.42 Å². The first-order valence-electron chi connectivity index (χ1n) is 6.96. The summed E-state index contributed by atoms with van der Waals surface area (Å²) in [4.78, 5) is 0.182. The molecular weight excluding hydrogens is 278 g/mol. The van der Waals surface area contributed by atoms with E-state index in [0.717, 1.165) is 19.3 Å². The van der Waals surface area contributed by atoms with Crippen LogP contribution in [0.15, 0.2) is 15.4 Å². The second-order valence-electron chi connectivity index (χ2n) is 6.21. The maximum Gasteiger partial charge on any atom is 0.246 e. The average molecular weight is 301 g/mol. The number of aliphatic hydroxyl groups excluding tert-OH is 1. The summed E-state index contributed by atoms with van der Waals surface area (Å²) >= 11 is 0. The van der Waals surface area contributed by atoms with Crippen molar-refractivity contribution >= 4 is 10.0 Å². The predicted molar refractivity (Wildman–Crippen MR) is 75.8 cm³/mol. The lowest BCUT2D eigenvalue weighted by Gasteiger charge is -2.22. The Morgan fingerprint density at radius 2 is 2.05 bits per heavy atom. The topological polar surface area (TPSA) is 70.8 Å². The molecule has 0 unspecified atom stereocenters. The lowest BCUT2D eigenvalue weighted by molar-refractivity contribution is 0.244. The van der Waals surface area contributed by atoms with Gasteiger partial charge in [-0.1, -0.05) is 13.8 Å². The monoisotopic (exact) mass is 301 g/mol. The quantitative estimate of drug-likeness (QED) is 0.930. The minimum absolute atomic E-state index is 0.182. The normalized spacial score (nSPS) is 20.8. The fraction of sp³-hybridized carbons (Fsp3) is 0.714. The van der Waals surface area contributed by atoms with E-state index in [4.69, 9.17) is 9.52 Å². The molecule has 6 heteroatoms. The van der Waals surface area contributed by atoms with Crippen molar-refractivity contribution in [3.63, 3.8) is 0 Å². The third-order valence-corrected chi connectivity index (χ3v) is 6.00. The molecule has 1 aromatic heterocycles. The Bertz CT molecular complexity index is 574. The number of rotatable bonds is 3. The molecule has 0 bridgehead atoms. The molecule has 20 heavy (non-hydrogen) atoms. The maximum atomic E-state index is 12.7. The van der Waals surface area contributed by atoms with Crippen LogP contribution in [-0.4, -0.2) is 30.9 Å². The van der Waals surface area contributed by atoms with Crippen molar-refractivity contribution in [2.24, 2.45) is 5.41 Å². The summed E-state index contributed by atoms with van der Waals surface area (Å²) in [6.45, 7) is 6.77. The highest BCUT2D eigenvalue weighted by Gasteiger charge is 2.32. The van der Waals surface area contributed by atoms with Crippen LogP contribution in [0.25, 0.3) is 0 Å². The van der Waals surface area contributed by atoms with Gasteiger partial charge in [0.05, 0.1) is 0 Å². The number of hydrogen-bond acceptors (Lipinski definition) is 4. The van der Waals surface area contributed by atoms with E-state index in [1.807, 2.05) is 0 Å². The number of furan rings is 1. The van der Waals surface area contributed by atoms with Crippen LogP contribution in [-0.2, 0) is 16.6 Å². The number of sulfonamides is 1. The number of nitrogens with zero attached hydrogens (tertiary/aromatic N) is 1. The van der Waals surface area contributed by atoms with Crippen molar-refractivity contribution in [2.45, 2.75) is 51.5 Å². The summed E-state index contributed by atoms with van der Waals surface area (Å²) in [7, 11) is -3.53. The highest BCUT2D eigenvalue weighted by atomic mass is 32.2. The van der Waals surface area contributed by atoms with Gasteiger partial charge in [0.15, 0.2) is 0 Å². The SMILES string of the molecule is Cc1oc(CO)cc1S(=O)(=O)N1CCCC(C)(C)CC1. The largest absolute Gasteiger partial charge is 0.462 e. The van der Waals surface area contributed by atoms with Crippen molar-refractivity contribution in [2.75, 3.05) is 13.1 Å². The number of aliphatic hydroxyl groups is 1. The molecule has 1 N–H and O–H groups in total. The molecule has 0 aromatic carbocycles. The molecule has 1 saturated heterocycles. The minimum Gasteiger partial charge on any atom is -0.462 e. The average Bonchev–Trinajstić information content (AvgIpc) is 2.64. The van der Waals surface area contributed by atoms with Crippen molar-refractivity contribution in [1.82, 2.24) is 4.31 Å². The molecule has 1 aliphatic rings. The van der Waals surface area contributed by atoms with Gasteiger partial charge in [0.2, 0.25) is 10.0 Å². The predicted octanol–water partition coefficient (Wildman–Crippen LogP) is 2.28. The van der Waals surface area contributed by atoms with E-state index in [0.29, 0.717) is 18.8 Å². The van der Waals surface area contributed by atoms with Gasteiger partial charge in [0.1, 0.15) is 23.0 Å². The third-order valence-electron chi connectivity index (χ3n) is 4.00. The van der Waals surface area contributed by atoms with Gasteiger partial charge in [-0.2, -0.15) is 4.31 Å². The minimum atomic E-state index is -3.53. The van der Waals surface area contributed by atoms with Gasteiger partial charge in [-0.05, 0) is 31.6 Å². The first-order valence-corrected chi connectivity index (χ1v) is 8.41. The van der Waals surface area contributed by atoms with Crippen molar-refractivity contribution < 1.29 is 17.9 Å². The molecule has 0 atom stereocenters. The van der Waals surface area contributed by atoms with Gasteiger partial charge in [-0.15, -0.1) is 0 Å². The maximum absolute atomic E-state index is 12.7. The highest BCUT2D eigenvalue weighted by Crippen LogP contribution is 2.32. The Morgan fingerprint density at radius 1 is 1.35 bits per heavy atom.